The summed E-state index contributed by atoms with van der Waals surface area (Å²) in [6.45, 7) is 0.0199. The maximum Gasteiger partial charge on any atom is 0.284 e. The largest absolute Gasteiger partial charge is 0.405 e. The van der Waals surface area contributed by atoms with Crippen LogP contribution in [0.1, 0.15) is 5.56 Å². The number of nitrogens with zero attached hydrogens (tertiary/aromatic N) is 2. The molecule has 0 bridgehead atoms. The Morgan fingerprint density at radius 1 is 0.767 bits per heavy atom. The van der Waals surface area contributed by atoms with E-state index in [1.807, 2.05) is 66.7 Å². The summed E-state index contributed by atoms with van der Waals surface area (Å²) in [6, 6.07) is 28.7. The Morgan fingerprint density at radius 3 is 2.10 bits per heavy atom. The predicted molar refractivity (Wildman–Crippen MR) is 115 cm³/mol. The second-order valence-electron chi connectivity index (χ2n) is 6.69. The minimum atomic E-state index is -0.459. The van der Waals surface area contributed by atoms with Crippen molar-refractivity contribution in [3.63, 3.8) is 0 Å². The van der Waals surface area contributed by atoms with Gasteiger partial charge in [-0.25, -0.2) is 0 Å². The Balaban J connectivity index is 1.74. The van der Waals surface area contributed by atoms with E-state index >= 15 is 0 Å². The molecule has 0 unspecified atom stereocenters. The number of pyridine rings is 1. The highest BCUT2D eigenvalue weighted by Gasteiger charge is 2.13. The summed E-state index contributed by atoms with van der Waals surface area (Å²) in [7, 11) is 0. The molecule has 4 rings (SSSR count). The summed E-state index contributed by atoms with van der Waals surface area (Å²) in [6.07, 6.45) is 0. The smallest absolute Gasteiger partial charge is 0.284 e. The molecule has 1 heterocycles. The van der Waals surface area contributed by atoms with Crippen LogP contribution < -0.4 is 10.4 Å². The Labute approximate surface area is 172 Å². The van der Waals surface area contributed by atoms with E-state index in [1.54, 1.807) is 12.1 Å². The average molecular weight is 398 g/mol. The van der Waals surface area contributed by atoms with Crippen LogP contribution in [-0.4, -0.2) is 9.65 Å². The van der Waals surface area contributed by atoms with Gasteiger partial charge in [0.25, 0.3) is 11.2 Å². The van der Waals surface area contributed by atoms with Gasteiger partial charge in [0, 0.05) is 23.8 Å². The normalized spacial score (nSPS) is 10.5. The fourth-order valence-corrected chi connectivity index (χ4v) is 3.20. The first-order chi connectivity index (χ1) is 14.6. The van der Waals surface area contributed by atoms with E-state index < -0.39 is 4.92 Å². The van der Waals surface area contributed by atoms with Gasteiger partial charge in [-0.05, 0) is 22.8 Å². The standard InChI is InChI=1S/C24H18N2O4/c27-24-16-21(19-9-3-1-4-10-19)15-23(20-11-5-2-6-12-20)25(24)30-17-18-8-7-13-22(14-18)26(28)29/h1-16H,17H2. The average Bonchev–Trinajstić information content (AvgIpc) is 2.79. The molecule has 6 heteroatoms. The maximum absolute atomic E-state index is 12.9. The molecule has 1 aromatic heterocycles. The number of hydrogen-bond donors (Lipinski definition) is 0. The van der Waals surface area contributed by atoms with E-state index in [0.717, 1.165) is 16.7 Å². The van der Waals surface area contributed by atoms with Crippen molar-refractivity contribution in [1.29, 1.82) is 0 Å². The third-order valence-corrected chi connectivity index (χ3v) is 4.65. The zero-order valence-corrected chi connectivity index (χ0v) is 16.0. The molecule has 0 N–H and O–H groups in total. The van der Waals surface area contributed by atoms with Gasteiger partial charge in [-0.2, -0.15) is 0 Å². The molecular formula is C24H18N2O4. The first-order valence-electron chi connectivity index (χ1n) is 9.36. The summed E-state index contributed by atoms with van der Waals surface area (Å²) in [5.41, 5.74) is 3.40. The van der Waals surface area contributed by atoms with Crippen LogP contribution in [0.2, 0.25) is 0 Å². The lowest BCUT2D eigenvalue weighted by molar-refractivity contribution is -0.384. The summed E-state index contributed by atoms with van der Waals surface area (Å²) in [4.78, 5) is 29.3. The summed E-state index contributed by atoms with van der Waals surface area (Å²) in [5.74, 6) is 0. The number of aromatic nitrogens is 1. The third kappa shape index (κ3) is 4.12. The first-order valence-corrected chi connectivity index (χ1v) is 9.36. The number of benzene rings is 3. The van der Waals surface area contributed by atoms with Crippen LogP contribution in [0.5, 0.6) is 0 Å². The molecular weight excluding hydrogens is 380 g/mol. The Kier molecular flexibility index (Phi) is 5.39. The molecule has 0 atom stereocenters. The topological polar surface area (TPSA) is 74.4 Å². The fourth-order valence-electron chi connectivity index (χ4n) is 3.20. The lowest BCUT2D eigenvalue weighted by Crippen LogP contribution is -2.28. The number of nitro benzene ring substituents is 1. The van der Waals surface area contributed by atoms with Gasteiger partial charge in [0.15, 0.2) is 0 Å². The highest BCUT2D eigenvalue weighted by molar-refractivity contribution is 5.70. The molecule has 0 amide bonds. The maximum atomic E-state index is 12.9. The molecule has 0 spiro atoms. The summed E-state index contributed by atoms with van der Waals surface area (Å²) < 4.78 is 1.24. The van der Waals surface area contributed by atoms with Gasteiger partial charge in [-0.15, -0.1) is 4.73 Å². The van der Waals surface area contributed by atoms with Crippen LogP contribution >= 0.6 is 0 Å². The van der Waals surface area contributed by atoms with Crippen LogP contribution in [0.15, 0.2) is 102 Å². The Morgan fingerprint density at radius 2 is 1.43 bits per heavy atom. The quantitative estimate of drug-likeness (QED) is 0.348. The number of rotatable bonds is 6. The van der Waals surface area contributed by atoms with E-state index in [1.165, 1.54) is 22.9 Å². The molecule has 0 aliphatic rings. The molecule has 148 valence electrons. The number of hydrogen-bond acceptors (Lipinski definition) is 4. The van der Waals surface area contributed by atoms with Crippen molar-refractivity contribution in [3.05, 3.63) is 123 Å². The van der Waals surface area contributed by atoms with Crippen LogP contribution in [0, 0.1) is 10.1 Å². The molecule has 0 radical (unpaired) electrons. The van der Waals surface area contributed by atoms with Crippen molar-refractivity contribution < 1.29 is 9.76 Å². The van der Waals surface area contributed by atoms with E-state index in [2.05, 4.69) is 0 Å². The van der Waals surface area contributed by atoms with Crippen LogP contribution in [-0.2, 0) is 6.61 Å². The van der Waals surface area contributed by atoms with Gasteiger partial charge in [0.1, 0.15) is 6.61 Å². The van der Waals surface area contributed by atoms with Crippen molar-refractivity contribution >= 4 is 5.69 Å². The van der Waals surface area contributed by atoms with Gasteiger partial charge in [0.2, 0.25) is 0 Å². The predicted octanol–water partition coefficient (Wildman–Crippen LogP) is 4.72. The van der Waals surface area contributed by atoms with Gasteiger partial charge in [-0.3, -0.25) is 14.9 Å². The highest BCUT2D eigenvalue weighted by Crippen LogP contribution is 2.24. The van der Waals surface area contributed by atoms with Crippen molar-refractivity contribution in [2.75, 3.05) is 0 Å². The van der Waals surface area contributed by atoms with Gasteiger partial charge < -0.3 is 4.84 Å². The lowest BCUT2D eigenvalue weighted by Gasteiger charge is -2.15. The lowest BCUT2D eigenvalue weighted by atomic mass is 10.0. The van der Waals surface area contributed by atoms with E-state index in [-0.39, 0.29) is 17.9 Å². The van der Waals surface area contributed by atoms with Gasteiger partial charge >= 0.3 is 0 Å². The second kappa shape index (κ2) is 8.45. The van der Waals surface area contributed by atoms with Crippen LogP contribution in [0.4, 0.5) is 5.69 Å². The van der Waals surface area contributed by atoms with Crippen LogP contribution in [0.3, 0.4) is 0 Å². The molecule has 0 aliphatic heterocycles. The molecule has 6 nitrogen and oxygen atoms in total. The molecule has 0 fully saturated rings. The van der Waals surface area contributed by atoms with Crippen molar-refractivity contribution in [1.82, 2.24) is 4.73 Å². The minimum absolute atomic E-state index is 0.0199. The SMILES string of the molecule is O=c1cc(-c2ccccc2)cc(-c2ccccc2)n1OCc1cccc([N+](=O)[O-])c1. The molecule has 0 saturated heterocycles. The zero-order chi connectivity index (χ0) is 20.9. The number of nitro groups is 1. The van der Waals surface area contributed by atoms with Crippen molar-refractivity contribution in [3.8, 4) is 22.4 Å². The minimum Gasteiger partial charge on any atom is -0.405 e. The third-order valence-electron chi connectivity index (χ3n) is 4.65. The first kappa shape index (κ1) is 19.1. The second-order valence-corrected chi connectivity index (χ2v) is 6.69. The number of non-ortho nitro benzene ring substituents is 1. The van der Waals surface area contributed by atoms with Gasteiger partial charge in [0.05, 0.1) is 10.6 Å². The van der Waals surface area contributed by atoms with E-state index in [0.29, 0.717) is 11.3 Å². The fraction of sp³-hybridized carbons (Fsp3) is 0.0417. The molecule has 30 heavy (non-hydrogen) atoms. The zero-order valence-electron chi connectivity index (χ0n) is 16.0. The summed E-state index contributed by atoms with van der Waals surface area (Å²) >= 11 is 0. The Hall–Kier alpha value is -4.19. The summed E-state index contributed by atoms with van der Waals surface area (Å²) in [5, 5.41) is 11.0. The van der Waals surface area contributed by atoms with Crippen molar-refractivity contribution in [2.24, 2.45) is 0 Å². The molecule has 3 aromatic carbocycles. The van der Waals surface area contributed by atoms with Crippen molar-refractivity contribution in [2.45, 2.75) is 6.61 Å². The monoisotopic (exact) mass is 398 g/mol. The Bertz CT molecular complexity index is 1240. The van der Waals surface area contributed by atoms with Gasteiger partial charge in [-0.1, -0.05) is 72.8 Å². The molecule has 0 aliphatic carbocycles. The van der Waals surface area contributed by atoms with E-state index in [9.17, 15) is 14.9 Å². The van der Waals surface area contributed by atoms with E-state index in [4.69, 9.17) is 4.84 Å². The highest BCUT2D eigenvalue weighted by atomic mass is 16.7. The molecule has 0 saturated carbocycles. The van der Waals surface area contributed by atoms with Crippen LogP contribution in [0.25, 0.3) is 22.4 Å². The molecule has 4 aromatic rings.